The van der Waals surface area contributed by atoms with E-state index in [0.717, 1.165) is 27.3 Å². The molecule has 4 nitrogen and oxygen atoms in total. The maximum absolute atomic E-state index is 6.20. The molecule has 0 amide bonds. The molecule has 0 fully saturated rings. The molecule has 0 aliphatic heterocycles. The summed E-state index contributed by atoms with van der Waals surface area (Å²) in [6, 6.07) is 15.4. The maximum Gasteiger partial charge on any atom is 0.0890 e. The Bertz CT molecular complexity index is 760. The van der Waals surface area contributed by atoms with Crippen LogP contribution in [0.15, 0.2) is 54.7 Å². The lowest BCUT2D eigenvalue weighted by Crippen LogP contribution is -2.30. The number of hydrazine groups is 1. The number of halogens is 1. The van der Waals surface area contributed by atoms with Crippen molar-refractivity contribution in [3.8, 4) is 0 Å². The van der Waals surface area contributed by atoms with Crippen LogP contribution in [-0.4, -0.2) is 9.97 Å². The standard InChI is InChI=1S/C16H15ClN4/c17-12-6-2-1-5-11(12)9-15(21-18)16-10-19-13-7-3-4-8-14(13)20-16/h1-8,10,15,21H,9,18H2. The minimum atomic E-state index is -0.137. The second-order valence-corrected chi connectivity index (χ2v) is 5.21. The van der Waals surface area contributed by atoms with Crippen LogP contribution in [0.25, 0.3) is 11.0 Å². The zero-order chi connectivity index (χ0) is 14.7. The lowest BCUT2D eigenvalue weighted by atomic mass is 10.0. The molecular formula is C16H15ClN4. The van der Waals surface area contributed by atoms with Crippen molar-refractivity contribution in [2.75, 3.05) is 0 Å². The van der Waals surface area contributed by atoms with Crippen molar-refractivity contribution in [3.63, 3.8) is 0 Å². The van der Waals surface area contributed by atoms with Crippen molar-refractivity contribution in [3.05, 3.63) is 71.0 Å². The van der Waals surface area contributed by atoms with Crippen LogP contribution in [0.4, 0.5) is 0 Å². The molecule has 2 aromatic carbocycles. The van der Waals surface area contributed by atoms with Crippen molar-refractivity contribution in [2.24, 2.45) is 5.84 Å². The summed E-state index contributed by atoms with van der Waals surface area (Å²) < 4.78 is 0. The van der Waals surface area contributed by atoms with Crippen molar-refractivity contribution in [1.82, 2.24) is 15.4 Å². The fourth-order valence-corrected chi connectivity index (χ4v) is 2.49. The third kappa shape index (κ3) is 3.03. The number of nitrogens with two attached hydrogens (primary N) is 1. The van der Waals surface area contributed by atoms with Gasteiger partial charge in [-0.2, -0.15) is 0 Å². The van der Waals surface area contributed by atoms with E-state index in [2.05, 4.69) is 15.4 Å². The molecular weight excluding hydrogens is 284 g/mol. The first-order valence-corrected chi connectivity index (χ1v) is 7.07. The molecule has 0 aliphatic carbocycles. The van der Waals surface area contributed by atoms with E-state index in [1.165, 1.54) is 0 Å². The first-order chi connectivity index (χ1) is 10.3. The van der Waals surface area contributed by atoms with Gasteiger partial charge >= 0.3 is 0 Å². The predicted octanol–water partition coefficient (Wildman–Crippen LogP) is 3.03. The summed E-state index contributed by atoms with van der Waals surface area (Å²) in [6.07, 6.45) is 2.41. The van der Waals surface area contributed by atoms with Crippen LogP contribution >= 0.6 is 11.6 Å². The normalized spacial score (nSPS) is 12.5. The molecule has 1 heterocycles. The summed E-state index contributed by atoms with van der Waals surface area (Å²) in [5, 5.41) is 0.728. The average Bonchev–Trinajstić information content (AvgIpc) is 2.54. The van der Waals surface area contributed by atoms with E-state index in [0.29, 0.717) is 6.42 Å². The van der Waals surface area contributed by atoms with Crippen LogP contribution in [0.1, 0.15) is 17.3 Å². The molecule has 0 radical (unpaired) electrons. The monoisotopic (exact) mass is 298 g/mol. The molecule has 3 aromatic rings. The van der Waals surface area contributed by atoms with Gasteiger partial charge in [0.15, 0.2) is 0 Å². The van der Waals surface area contributed by atoms with Crippen LogP contribution < -0.4 is 11.3 Å². The molecule has 106 valence electrons. The third-order valence-corrected chi connectivity index (χ3v) is 3.78. The number of hydrogen-bond donors (Lipinski definition) is 2. The Labute approximate surface area is 128 Å². The summed E-state index contributed by atoms with van der Waals surface area (Å²) in [5.74, 6) is 5.69. The second kappa shape index (κ2) is 6.18. The Morgan fingerprint density at radius 2 is 1.76 bits per heavy atom. The van der Waals surface area contributed by atoms with E-state index in [9.17, 15) is 0 Å². The summed E-state index contributed by atoms with van der Waals surface area (Å²) in [5.41, 5.74) is 6.35. The van der Waals surface area contributed by atoms with E-state index in [1.807, 2.05) is 48.5 Å². The number of benzene rings is 2. The Hall–Kier alpha value is -2.01. The number of nitrogens with one attached hydrogen (secondary N) is 1. The molecule has 5 heteroatoms. The van der Waals surface area contributed by atoms with Crippen LogP contribution in [0.2, 0.25) is 5.02 Å². The van der Waals surface area contributed by atoms with Gasteiger partial charge in [-0.3, -0.25) is 16.3 Å². The highest BCUT2D eigenvalue weighted by atomic mass is 35.5. The summed E-state index contributed by atoms with van der Waals surface area (Å²) >= 11 is 6.20. The summed E-state index contributed by atoms with van der Waals surface area (Å²) in [4.78, 5) is 9.05. The van der Waals surface area contributed by atoms with Crippen LogP contribution in [0, 0.1) is 0 Å². The molecule has 1 unspecified atom stereocenters. The van der Waals surface area contributed by atoms with Gasteiger partial charge in [-0.15, -0.1) is 0 Å². The number of rotatable bonds is 4. The van der Waals surface area contributed by atoms with E-state index in [-0.39, 0.29) is 6.04 Å². The van der Waals surface area contributed by atoms with Gasteiger partial charge in [0, 0.05) is 5.02 Å². The molecule has 3 rings (SSSR count). The van der Waals surface area contributed by atoms with Crippen LogP contribution in [0.3, 0.4) is 0 Å². The predicted molar refractivity (Wildman–Crippen MR) is 84.8 cm³/mol. The van der Waals surface area contributed by atoms with Crippen molar-refractivity contribution in [1.29, 1.82) is 0 Å². The van der Waals surface area contributed by atoms with Crippen LogP contribution in [-0.2, 0) is 6.42 Å². The summed E-state index contributed by atoms with van der Waals surface area (Å²) in [7, 11) is 0. The van der Waals surface area contributed by atoms with E-state index in [1.54, 1.807) is 6.20 Å². The zero-order valence-corrected chi connectivity index (χ0v) is 12.1. The Morgan fingerprint density at radius 3 is 2.52 bits per heavy atom. The Balaban J connectivity index is 1.93. The maximum atomic E-state index is 6.20. The average molecular weight is 299 g/mol. The Kier molecular flexibility index (Phi) is 4.10. The number of hydrogen-bond acceptors (Lipinski definition) is 4. The molecule has 0 aliphatic rings. The minimum absolute atomic E-state index is 0.137. The topological polar surface area (TPSA) is 63.8 Å². The number of aromatic nitrogens is 2. The van der Waals surface area contributed by atoms with Gasteiger partial charge in [-0.25, -0.2) is 4.98 Å². The van der Waals surface area contributed by atoms with E-state index >= 15 is 0 Å². The number of fused-ring (bicyclic) bond motifs is 1. The highest BCUT2D eigenvalue weighted by Crippen LogP contribution is 2.22. The van der Waals surface area contributed by atoms with Gasteiger partial charge in [0.1, 0.15) is 0 Å². The highest BCUT2D eigenvalue weighted by molar-refractivity contribution is 6.31. The first-order valence-electron chi connectivity index (χ1n) is 6.69. The highest BCUT2D eigenvalue weighted by Gasteiger charge is 2.14. The number of para-hydroxylation sites is 2. The van der Waals surface area contributed by atoms with Gasteiger partial charge in [0.25, 0.3) is 0 Å². The lowest BCUT2D eigenvalue weighted by molar-refractivity contribution is 0.538. The van der Waals surface area contributed by atoms with Gasteiger partial charge in [-0.05, 0) is 30.2 Å². The Morgan fingerprint density at radius 1 is 1.05 bits per heavy atom. The second-order valence-electron chi connectivity index (χ2n) is 4.80. The van der Waals surface area contributed by atoms with Crippen molar-refractivity contribution >= 4 is 22.6 Å². The molecule has 0 saturated carbocycles. The molecule has 3 N–H and O–H groups in total. The first kappa shape index (κ1) is 13.9. The molecule has 1 atom stereocenters. The molecule has 0 spiro atoms. The van der Waals surface area contributed by atoms with Gasteiger partial charge in [0.05, 0.1) is 29.0 Å². The van der Waals surface area contributed by atoms with Crippen molar-refractivity contribution < 1.29 is 0 Å². The minimum Gasteiger partial charge on any atom is -0.271 e. The smallest absolute Gasteiger partial charge is 0.0890 e. The number of nitrogens with zero attached hydrogens (tertiary/aromatic N) is 2. The van der Waals surface area contributed by atoms with Gasteiger partial charge in [0.2, 0.25) is 0 Å². The molecule has 21 heavy (non-hydrogen) atoms. The van der Waals surface area contributed by atoms with Crippen LogP contribution in [0.5, 0.6) is 0 Å². The largest absolute Gasteiger partial charge is 0.271 e. The van der Waals surface area contributed by atoms with E-state index < -0.39 is 0 Å². The molecule has 0 saturated heterocycles. The zero-order valence-electron chi connectivity index (χ0n) is 11.3. The summed E-state index contributed by atoms with van der Waals surface area (Å²) in [6.45, 7) is 0. The van der Waals surface area contributed by atoms with Gasteiger partial charge in [-0.1, -0.05) is 41.9 Å². The SMILES string of the molecule is NNC(Cc1ccccc1Cl)c1cnc2ccccc2n1. The fraction of sp³-hybridized carbons (Fsp3) is 0.125. The third-order valence-electron chi connectivity index (χ3n) is 3.41. The van der Waals surface area contributed by atoms with Crippen molar-refractivity contribution in [2.45, 2.75) is 12.5 Å². The lowest BCUT2D eigenvalue weighted by Gasteiger charge is -2.16. The van der Waals surface area contributed by atoms with E-state index in [4.69, 9.17) is 17.4 Å². The molecule has 0 bridgehead atoms. The van der Waals surface area contributed by atoms with Gasteiger partial charge < -0.3 is 0 Å². The quantitative estimate of drug-likeness (QED) is 0.574. The molecule has 1 aromatic heterocycles. The fourth-order valence-electron chi connectivity index (χ4n) is 2.27.